The Morgan fingerprint density at radius 1 is 1.29 bits per heavy atom. The molecule has 0 saturated heterocycles. The summed E-state index contributed by atoms with van der Waals surface area (Å²) in [7, 11) is 0. The zero-order chi connectivity index (χ0) is 12.7. The summed E-state index contributed by atoms with van der Waals surface area (Å²) < 4.78 is 26.1. The van der Waals surface area contributed by atoms with Gasteiger partial charge in [-0.1, -0.05) is 19.1 Å². The fourth-order valence-electron chi connectivity index (χ4n) is 1.39. The van der Waals surface area contributed by atoms with Crippen molar-refractivity contribution in [2.45, 2.75) is 13.3 Å². The van der Waals surface area contributed by atoms with Crippen LogP contribution in [0.5, 0.6) is 0 Å². The van der Waals surface area contributed by atoms with Gasteiger partial charge in [0.2, 0.25) is 5.91 Å². The molecule has 1 rings (SSSR count). The zero-order valence-corrected chi connectivity index (χ0v) is 9.72. The zero-order valence-electron chi connectivity index (χ0n) is 9.72. The molecule has 0 atom stereocenters. The molecule has 1 aromatic carbocycles. The predicted molar refractivity (Wildman–Crippen MR) is 61.6 cm³/mol. The van der Waals surface area contributed by atoms with E-state index in [1.165, 1.54) is 12.1 Å². The van der Waals surface area contributed by atoms with Gasteiger partial charge in [0.25, 0.3) is 0 Å². The lowest BCUT2D eigenvalue weighted by atomic mass is 10.1. The van der Waals surface area contributed by atoms with E-state index in [1.807, 2.05) is 6.92 Å². The lowest BCUT2D eigenvalue weighted by molar-refractivity contribution is -0.120. The highest BCUT2D eigenvalue weighted by Gasteiger charge is 2.10. The van der Waals surface area contributed by atoms with Crippen LogP contribution in [0, 0.1) is 11.6 Å². The van der Waals surface area contributed by atoms with Crippen molar-refractivity contribution in [3.05, 3.63) is 35.4 Å². The van der Waals surface area contributed by atoms with Gasteiger partial charge in [0.15, 0.2) is 11.6 Å². The molecule has 0 aliphatic carbocycles. The van der Waals surface area contributed by atoms with Crippen molar-refractivity contribution in [3.8, 4) is 0 Å². The number of hydrogen-bond acceptors (Lipinski definition) is 2. The van der Waals surface area contributed by atoms with Crippen molar-refractivity contribution in [1.29, 1.82) is 0 Å². The van der Waals surface area contributed by atoms with Crippen molar-refractivity contribution in [1.82, 2.24) is 10.6 Å². The predicted octanol–water partition coefficient (Wildman–Crippen LogP) is 1.23. The Balaban J connectivity index is 2.43. The molecule has 1 aromatic rings. The van der Waals surface area contributed by atoms with E-state index in [0.29, 0.717) is 13.1 Å². The maximum Gasteiger partial charge on any atom is 0.224 e. The lowest BCUT2D eigenvalue weighted by Gasteiger charge is -2.06. The highest BCUT2D eigenvalue weighted by Crippen LogP contribution is 2.11. The van der Waals surface area contributed by atoms with Gasteiger partial charge in [-0.25, -0.2) is 8.78 Å². The summed E-state index contributed by atoms with van der Waals surface area (Å²) in [6, 6.07) is 3.82. The van der Waals surface area contributed by atoms with Crippen LogP contribution in [0.4, 0.5) is 8.78 Å². The number of carbonyl (C=O) groups excluding carboxylic acids is 1. The van der Waals surface area contributed by atoms with Crippen LogP contribution >= 0.6 is 0 Å². The summed E-state index contributed by atoms with van der Waals surface area (Å²) in [5.74, 6) is -2.19. The molecule has 0 aromatic heterocycles. The van der Waals surface area contributed by atoms with Gasteiger partial charge in [0.05, 0.1) is 6.42 Å². The molecule has 0 bridgehead atoms. The van der Waals surface area contributed by atoms with Crippen molar-refractivity contribution < 1.29 is 13.6 Å². The Morgan fingerprint density at radius 2 is 2.06 bits per heavy atom. The monoisotopic (exact) mass is 242 g/mol. The minimum absolute atomic E-state index is 0.0750. The summed E-state index contributed by atoms with van der Waals surface area (Å²) in [5, 5.41) is 5.66. The Hall–Kier alpha value is -1.49. The van der Waals surface area contributed by atoms with Crippen molar-refractivity contribution in [2.75, 3.05) is 19.6 Å². The second kappa shape index (κ2) is 6.96. The van der Waals surface area contributed by atoms with E-state index in [1.54, 1.807) is 0 Å². The number of likely N-dealkylation sites (N-methyl/N-ethyl adjacent to an activating group) is 1. The van der Waals surface area contributed by atoms with Gasteiger partial charge in [-0.15, -0.1) is 0 Å². The van der Waals surface area contributed by atoms with Crippen molar-refractivity contribution in [2.24, 2.45) is 0 Å². The summed E-state index contributed by atoms with van der Waals surface area (Å²) in [6.07, 6.45) is -0.143. The fraction of sp³-hybridized carbons (Fsp3) is 0.417. The van der Waals surface area contributed by atoms with Crippen LogP contribution in [0.25, 0.3) is 0 Å². The summed E-state index contributed by atoms with van der Waals surface area (Å²) >= 11 is 0. The summed E-state index contributed by atoms with van der Waals surface area (Å²) in [6.45, 7) is 3.93. The molecule has 0 unspecified atom stereocenters. The highest BCUT2D eigenvalue weighted by molar-refractivity contribution is 5.78. The maximum atomic E-state index is 13.2. The van der Waals surface area contributed by atoms with Crippen LogP contribution in [0.15, 0.2) is 18.2 Å². The normalized spacial score (nSPS) is 10.3. The maximum absolute atomic E-state index is 13.2. The molecule has 0 spiro atoms. The van der Waals surface area contributed by atoms with E-state index in [2.05, 4.69) is 10.6 Å². The van der Waals surface area contributed by atoms with E-state index in [4.69, 9.17) is 0 Å². The van der Waals surface area contributed by atoms with Gasteiger partial charge in [-0.3, -0.25) is 4.79 Å². The first-order chi connectivity index (χ1) is 8.15. The molecule has 1 amide bonds. The molecule has 94 valence electrons. The second-order valence-electron chi connectivity index (χ2n) is 3.59. The third kappa shape index (κ3) is 4.48. The first kappa shape index (κ1) is 13.6. The lowest BCUT2D eigenvalue weighted by Crippen LogP contribution is -2.32. The molecule has 0 aliphatic heterocycles. The van der Waals surface area contributed by atoms with E-state index in [-0.39, 0.29) is 17.9 Å². The van der Waals surface area contributed by atoms with Gasteiger partial charge in [-0.05, 0) is 12.6 Å². The quantitative estimate of drug-likeness (QED) is 0.737. The molecule has 3 nitrogen and oxygen atoms in total. The fourth-order valence-corrected chi connectivity index (χ4v) is 1.39. The number of carbonyl (C=O) groups is 1. The Labute approximate surface area is 99.2 Å². The molecular weight excluding hydrogens is 226 g/mol. The van der Waals surface area contributed by atoms with Gasteiger partial charge in [-0.2, -0.15) is 0 Å². The molecular formula is C12H16F2N2O. The molecule has 5 heteroatoms. The van der Waals surface area contributed by atoms with Crippen LogP contribution in [0.2, 0.25) is 0 Å². The van der Waals surface area contributed by atoms with Crippen LogP contribution in [0.3, 0.4) is 0 Å². The Kier molecular flexibility index (Phi) is 5.56. The first-order valence-corrected chi connectivity index (χ1v) is 5.55. The minimum atomic E-state index is -0.950. The molecule has 0 saturated carbocycles. The number of amides is 1. The molecule has 0 fully saturated rings. The van der Waals surface area contributed by atoms with Gasteiger partial charge < -0.3 is 10.6 Å². The van der Waals surface area contributed by atoms with Gasteiger partial charge in [0.1, 0.15) is 0 Å². The molecule has 17 heavy (non-hydrogen) atoms. The number of nitrogens with one attached hydrogen (secondary N) is 2. The van der Waals surface area contributed by atoms with Crippen LogP contribution in [-0.4, -0.2) is 25.5 Å². The second-order valence-corrected chi connectivity index (χ2v) is 3.59. The first-order valence-electron chi connectivity index (χ1n) is 5.55. The van der Waals surface area contributed by atoms with Gasteiger partial charge >= 0.3 is 0 Å². The summed E-state index contributed by atoms with van der Waals surface area (Å²) in [4.78, 5) is 11.4. The largest absolute Gasteiger partial charge is 0.355 e. The Bertz CT molecular complexity index is 383. The smallest absolute Gasteiger partial charge is 0.224 e. The van der Waals surface area contributed by atoms with E-state index in [9.17, 15) is 13.6 Å². The van der Waals surface area contributed by atoms with E-state index < -0.39 is 11.6 Å². The number of rotatable bonds is 6. The van der Waals surface area contributed by atoms with Crippen molar-refractivity contribution in [3.63, 3.8) is 0 Å². The topological polar surface area (TPSA) is 41.1 Å². The van der Waals surface area contributed by atoms with E-state index >= 15 is 0 Å². The van der Waals surface area contributed by atoms with Crippen LogP contribution in [-0.2, 0) is 11.2 Å². The number of benzene rings is 1. The van der Waals surface area contributed by atoms with E-state index in [0.717, 1.165) is 12.6 Å². The molecule has 0 heterocycles. The SMILES string of the molecule is CCNCCNC(=O)Cc1cccc(F)c1F. The molecule has 2 N–H and O–H groups in total. The molecule has 0 radical (unpaired) electrons. The third-order valence-corrected chi connectivity index (χ3v) is 2.26. The number of halogens is 2. The van der Waals surface area contributed by atoms with Gasteiger partial charge in [0, 0.05) is 18.7 Å². The van der Waals surface area contributed by atoms with Crippen LogP contribution in [0.1, 0.15) is 12.5 Å². The standard InChI is InChI=1S/C12H16F2N2O/c1-2-15-6-7-16-11(17)8-9-4-3-5-10(13)12(9)14/h3-5,15H,2,6-8H2,1H3,(H,16,17). The average Bonchev–Trinajstić information content (AvgIpc) is 2.31. The molecule has 0 aliphatic rings. The van der Waals surface area contributed by atoms with Crippen molar-refractivity contribution >= 4 is 5.91 Å². The number of hydrogen-bond donors (Lipinski definition) is 2. The van der Waals surface area contributed by atoms with Crippen LogP contribution < -0.4 is 10.6 Å². The third-order valence-electron chi connectivity index (χ3n) is 2.26. The Morgan fingerprint density at radius 3 is 2.76 bits per heavy atom. The highest BCUT2D eigenvalue weighted by atomic mass is 19.2. The average molecular weight is 242 g/mol. The summed E-state index contributed by atoms with van der Waals surface area (Å²) in [5.41, 5.74) is 0.0750. The minimum Gasteiger partial charge on any atom is -0.355 e.